The van der Waals surface area contributed by atoms with Crippen molar-refractivity contribution in [3.63, 3.8) is 0 Å². The van der Waals surface area contributed by atoms with E-state index in [1.165, 1.54) is 0 Å². The Morgan fingerprint density at radius 1 is 1.20 bits per heavy atom. The molecule has 2 atom stereocenters. The van der Waals surface area contributed by atoms with E-state index in [1.54, 1.807) is 34.1 Å². The van der Waals surface area contributed by atoms with E-state index in [4.69, 9.17) is 33.1 Å². The summed E-state index contributed by atoms with van der Waals surface area (Å²) in [6.45, 7) is 0.753. The first kappa shape index (κ1) is 28.6. The van der Waals surface area contributed by atoms with Crippen LogP contribution in [0.15, 0.2) is 40.2 Å². The summed E-state index contributed by atoms with van der Waals surface area (Å²) >= 11 is 12.1. The molecule has 0 bridgehead atoms. The number of anilines is 1. The summed E-state index contributed by atoms with van der Waals surface area (Å²) in [5.74, 6) is -0.761. The number of rotatable bonds is 5. The molecule has 1 aromatic carbocycles. The zero-order valence-electron chi connectivity index (χ0n) is 21.9. The lowest BCUT2D eigenvalue weighted by molar-refractivity contribution is -0.140. The maximum atomic E-state index is 13.7. The van der Waals surface area contributed by atoms with Crippen molar-refractivity contribution in [1.82, 2.24) is 24.6 Å². The third-order valence-electron chi connectivity index (χ3n) is 7.95. The number of hydrogen-bond acceptors (Lipinski definition) is 6. The normalized spacial score (nSPS) is 20.1. The van der Waals surface area contributed by atoms with E-state index in [0.717, 1.165) is 18.4 Å². The molecule has 216 valence electrons. The first-order valence-corrected chi connectivity index (χ1v) is 13.9. The minimum absolute atomic E-state index is 0.00494. The second kappa shape index (κ2) is 11.5. The highest BCUT2D eigenvalue weighted by molar-refractivity contribution is 6.42. The van der Waals surface area contributed by atoms with Gasteiger partial charge in [0.25, 0.3) is 12.0 Å². The molecule has 2 fully saturated rings. The van der Waals surface area contributed by atoms with Gasteiger partial charge < -0.3 is 20.3 Å². The number of H-pyrrole nitrogens is 2. The molecule has 1 saturated heterocycles. The number of halogens is 2. The zero-order valence-corrected chi connectivity index (χ0v) is 23.4. The summed E-state index contributed by atoms with van der Waals surface area (Å²) in [4.78, 5) is 66.0. The number of carbonyl (C=O) groups excluding carboxylic acids is 2. The average molecular weight is 603 g/mol. The number of fused-ring (bicyclic) bond motifs is 1. The van der Waals surface area contributed by atoms with Crippen LogP contribution >= 0.6 is 23.2 Å². The molecule has 14 heteroatoms. The standard InChI is InChI=1S/C26H26Cl2N6O4.CH2O2/c27-18-3-1-14(7-19(18)28)11-33-12-16(10-29-33)30-23(36)21-9-26(5-6-26)13-34(21)24(37)15-2-4-20-17(8-15)22(35)32-25(38)31-20;2-1-3/h1,3,7,10,12,15,21H,2,4-6,8-9,11,13H2,(H,30,36)(H2,31,32,35,38);1H,(H,2,3)/t15?,21-;/m1./s1. The fourth-order valence-electron chi connectivity index (χ4n) is 5.73. The topological polar surface area (TPSA) is 170 Å². The molecule has 1 spiro atoms. The van der Waals surface area contributed by atoms with Gasteiger partial charge in [-0.25, -0.2) is 4.79 Å². The van der Waals surface area contributed by atoms with Gasteiger partial charge in [0.2, 0.25) is 11.8 Å². The number of nitrogens with one attached hydrogen (secondary N) is 3. The molecule has 0 radical (unpaired) electrons. The number of aromatic amines is 2. The van der Waals surface area contributed by atoms with E-state index in [9.17, 15) is 19.2 Å². The number of aromatic nitrogens is 4. The highest BCUT2D eigenvalue weighted by Gasteiger charge is 2.55. The minimum Gasteiger partial charge on any atom is -0.483 e. The number of carbonyl (C=O) groups is 3. The van der Waals surface area contributed by atoms with Gasteiger partial charge in [-0.15, -0.1) is 0 Å². The van der Waals surface area contributed by atoms with Crippen LogP contribution < -0.4 is 16.6 Å². The summed E-state index contributed by atoms with van der Waals surface area (Å²) in [5.41, 5.74) is 1.52. The fourth-order valence-corrected chi connectivity index (χ4v) is 6.05. The first-order chi connectivity index (χ1) is 19.6. The lowest BCUT2D eigenvalue weighted by Crippen LogP contribution is -2.47. The van der Waals surface area contributed by atoms with Crippen molar-refractivity contribution < 1.29 is 19.5 Å². The molecule has 6 rings (SSSR count). The van der Waals surface area contributed by atoms with Crippen LogP contribution in [0.25, 0.3) is 0 Å². The number of hydrogen-bond donors (Lipinski definition) is 4. The molecule has 1 aliphatic heterocycles. The molecule has 3 aromatic rings. The van der Waals surface area contributed by atoms with Gasteiger partial charge in [0.05, 0.1) is 28.5 Å². The van der Waals surface area contributed by atoms with E-state index in [-0.39, 0.29) is 30.1 Å². The van der Waals surface area contributed by atoms with Crippen LogP contribution in [0.3, 0.4) is 0 Å². The predicted octanol–water partition coefficient (Wildman–Crippen LogP) is 2.44. The lowest BCUT2D eigenvalue weighted by atomic mass is 9.86. The van der Waals surface area contributed by atoms with E-state index in [0.29, 0.717) is 59.3 Å². The number of benzene rings is 1. The highest BCUT2D eigenvalue weighted by atomic mass is 35.5. The van der Waals surface area contributed by atoms with Gasteiger partial charge in [-0.05, 0) is 61.6 Å². The molecule has 4 N–H and O–H groups in total. The monoisotopic (exact) mass is 602 g/mol. The number of nitrogens with zero attached hydrogens (tertiary/aromatic N) is 3. The summed E-state index contributed by atoms with van der Waals surface area (Å²) < 4.78 is 1.69. The number of aryl methyl sites for hydroxylation is 1. The predicted molar refractivity (Wildman–Crippen MR) is 150 cm³/mol. The Balaban J connectivity index is 0.00000108. The smallest absolute Gasteiger partial charge is 0.325 e. The van der Waals surface area contributed by atoms with Crippen molar-refractivity contribution in [2.45, 2.75) is 51.1 Å². The number of amides is 2. The third kappa shape index (κ3) is 6.23. The second-order valence-corrected chi connectivity index (χ2v) is 11.6. The van der Waals surface area contributed by atoms with Crippen LogP contribution in [0, 0.1) is 11.3 Å². The number of carboxylic acid groups (broad SMARTS) is 1. The van der Waals surface area contributed by atoms with Crippen molar-refractivity contribution in [3.8, 4) is 0 Å². The van der Waals surface area contributed by atoms with Gasteiger partial charge in [-0.1, -0.05) is 29.3 Å². The molecule has 1 unspecified atom stereocenters. The highest BCUT2D eigenvalue weighted by Crippen LogP contribution is 2.55. The molecule has 41 heavy (non-hydrogen) atoms. The Morgan fingerprint density at radius 3 is 2.66 bits per heavy atom. The summed E-state index contributed by atoms with van der Waals surface area (Å²) in [7, 11) is 0. The SMILES string of the molecule is O=C(Nc1cnn(Cc2ccc(Cl)c(Cl)c2)c1)[C@H]1CC2(CC2)CN1C(=O)C1CCc2[nH]c(=O)[nH]c(=O)c2C1.O=CO. The van der Waals surface area contributed by atoms with Crippen LogP contribution in [0.2, 0.25) is 10.0 Å². The first-order valence-electron chi connectivity index (χ1n) is 13.1. The summed E-state index contributed by atoms with van der Waals surface area (Å²) in [6, 6.07) is 4.78. The Kier molecular flexibility index (Phi) is 8.05. The van der Waals surface area contributed by atoms with Crippen molar-refractivity contribution >= 4 is 47.2 Å². The number of likely N-dealkylation sites (tertiary alicyclic amines) is 1. The molecule has 12 nitrogen and oxygen atoms in total. The van der Waals surface area contributed by atoms with Crippen molar-refractivity contribution in [3.05, 3.63) is 78.3 Å². The van der Waals surface area contributed by atoms with E-state index in [1.807, 2.05) is 6.07 Å². The van der Waals surface area contributed by atoms with Crippen molar-refractivity contribution in [2.24, 2.45) is 11.3 Å². The van der Waals surface area contributed by atoms with Gasteiger partial charge in [-0.2, -0.15) is 5.10 Å². The zero-order chi connectivity index (χ0) is 29.3. The van der Waals surface area contributed by atoms with E-state index < -0.39 is 23.2 Å². The average Bonchev–Trinajstić information content (AvgIpc) is 3.36. The van der Waals surface area contributed by atoms with Crippen molar-refractivity contribution in [1.29, 1.82) is 0 Å². The molecule has 3 aliphatic rings. The molecular weight excluding hydrogens is 575 g/mol. The van der Waals surface area contributed by atoms with Crippen LogP contribution in [0.4, 0.5) is 5.69 Å². The second-order valence-electron chi connectivity index (χ2n) is 10.8. The van der Waals surface area contributed by atoms with Crippen LogP contribution in [0.1, 0.15) is 42.5 Å². The Morgan fingerprint density at radius 2 is 1.95 bits per heavy atom. The van der Waals surface area contributed by atoms with E-state index in [2.05, 4.69) is 20.4 Å². The largest absolute Gasteiger partial charge is 0.483 e. The molecule has 2 aromatic heterocycles. The molecule has 1 saturated carbocycles. The van der Waals surface area contributed by atoms with Crippen LogP contribution in [-0.2, 0) is 33.8 Å². The Bertz CT molecular complexity index is 1610. The van der Waals surface area contributed by atoms with Crippen LogP contribution in [0.5, 0.6) is 0 Å². The molecule has 3 heterocycles. The van der Waals surface area contributed by atoms with Crippen molar-refractivity contribution in [2.75, 3.05) is 11.9 Å². The maximum Gasteiger partial charge on any atom is 0.325 e. The Labute approximate surface area is 243 Å². The molecular formula is C27H28Cl2N6O6. The summed E-state index contributed by atoms with van der Waals surface area (Å²) in [5, 5.41) is 15.1. The quantitative estimate of drug-likeness (QED) is 0.325. The maximum absolute atomic E-state index is 13.7. The summed E-state index contributed by atoms with van der Waals surface area (Å²) in [6.07, 6.45) is 7.14. The van der Waals surface area contributed by atoms with E-state index >= 15 is 0 Å². The van der Waals surface area contributed by atoms with Gasteiger partial charge >= 0.3 is 5.69 Å². The minimum atomic E-state index is -0.585. The fraction of sp³-hybridized carbons (Fsp3) is 0.407. The Hall–Kier alpha value is -3.90. The van der Waals surface area contributed by atoms with Crippen LogP contribution in [-0.4, -0.2) is 60.6 Å². The third-order valence-corrected chi connectivity index (χ3v) is 8.69. The molecule has 2 amide bonds. The van der Waals surface area contributed by atoms with Gasteiger partial charge in [0, 0.05) is 29.9 Å². The van der Waals surface area contributed by atoms with Gasteiger partial charge in [0.15, 0.2) is 0 Å². The van der Waals surface area contributed by atoms with Gasteiger partial charge in [-0.3, -0.25) is 28.8 Å². The molecule has 2 aliphatic carbocycles. The lowest BCUT2D eigenvalue weighted by Gasteiger charge is -2.30. The van der Waals surface area contributed by atoms with Gasteiger partial charge in [0.1, 0.15) is 6.04 Å².